The second-order valence-electron chi connectivity index (χ2n) is 8.58. The van der Waals surface area contributed by atoms with Gasteiger partial charge in [0.1, 0.15) is 27.0 Å². The number of hydrogen-bond donors (Lipinski definition) is 4. The largest absolute Gasteiger partial charge is 0.393 e. The van der Waals surface area contributed by atoms with Crippen molar-refractivity contribution in [2.75, 3.05) is 0 Å². The number of carbonyl (C=O) groups is 2. The molecule has 4 N–H and O–H groups in total. The Morgan fingerprint density at radius 1 is 1.13 bits per heavy atom. The molecule has 0 aliphatic carbocycles. The average Bonchev–Trinajstić information content (AvgIpc) is 3.56. The highest BCUT2D eigenvalue weighted by atomic mass is 35.5. The lowest BCUT2D eigenvalue weighted by Gasteiger charge is -2.26. The first-order valence-electron chi connectivity index (χ1n) is 11.6. The van der Waals surface area contributed by atoms with Crippen LogP contribution in [0.5, 0.6) is 0 Å². The number of benzene rings is 1. The van der Waals surface area contributed by atoms with Gasteiger partial charge in [-0.05, 0) is 38.3 Å². The normalized spacial score (nSPS) is 14.9. The van der Waals surface area contributed by atoms with Crippen molar-refractivity contribution in [2.24, 2.45) is 0 Å². The molecule has 2 heterocycles. The second-order valence-corrected chi connectivity index (χ2v) is 11.0. The molecule has 38 heavy (non-hydrogen) atoms. The van der Waals surface area contributed by atoms with Gasteiger partial charge in [0.15, 0.2) is 0 Å². The van der Waals surface area contributed by atoms with Gasteiger partial charge in [0.05, 0.1) is 18.3 Å². The summed E-state index contributed by atoms with van der Waals surface area (Å²) in [6, 6.07) is 4.41. The highest BCUT2D eigenvalue weighted by Crippen LogP contribution is 2.29. The van der Waals surface area contributed by atoms with Crippen LogP contribution in [0.1, 0.15) is 53.4 Å². The number of carbonyl (C=O) groups excluding carboxylic acids is 2. The Balaban J connectivity index is 1.76. The van der Waals surface area contributed by atoms with Crippen molar-refractivity contribution in [3.63, 3.8) is 0 Å². The van der Waals surface area contributed by atoms with E-state index in [-0.39, 0.29) is 22.7 Å². The van der Waals surface area contributed by atoms with Gasteiger partial charge in [-0.25, -0.2) is 9.97 Å². The third-order valence-electron chi connectivity index (χ3n) is 5.45. The first-order valence-corrected chi connectivity index (χ1v) is 13.7. The SMILES string of the molecule is CC(O)CC[C@H](NC(=O)c1cnc(-c2cccc(Cl)c2)s1)C(=O)N[C@@H](CCC(F)(F)F)C(O)c1nccs1. The maximum atomic E-state index is 13.2. The number of aliphatic hydroxyl groups is 2. The molecule has 0 spiro atoms. The van der Waals surface area contributed by atoms with Gasteiger partial charge < -0.3 is 20.8 Å². The summed E-state index contributed by atoms with van der Waals surface area (Å²) >= 11 is 8.14. The van der Waals surface area contributed by atoms with Crippen molar-refractivity contribution in [3.05, 3.63) is 56.9 Å². The van der Waals surface area contributed by atoms with Crippen molar-refractivity contribution in [2.45, 2.75) is 63.1 Å². The van der Waals surface area contributed by atoms with E-state index in [0.29, 0.717) is 15.6 Å². The minimum atomic E-state index is -4.50. The van der Waals surface area contributed by atoms with Crippen LogP contribution in [0.2, 0.25) is 5.02 Å². The van der Waals surface area contributed by atoms with E-state index in [1.165, 1.54) is 19.3 Å². The predicted molar refractivity (Wildman–Crippen MR) is 139 cm³/mol. The van der Waals surface area contributed by atoms with Gasteiger partial charge in [-0.1, -0.05) is 23.7 Å². The minimum absolute atomic E-state index is 0.00846. The zero-order chi connectivity index (χ0) is 27.9. The summed E-state index contributed by atoms with van der Waals surface area (Å²) in [5, 5.41) is 28.1. The average molecular weight is 591 g/mol. The fourth-order valence-electron chi connectivity index (χ4n) is 3.50. The standard InChI is InChI=1S/C24H26ClF3N4O4S2/c1-13(33)5-6-17(32-21(36)18-12-30-22(38-18)14-3-2-4-15(25)11-14)20(35)31-16(7-8-24(26,27)28)19(34)23-29-9-10-37-23/h2-4,9-13,16-17,19,33-34H,5-8H2,1H3,(H,31,35)(H,32,36)/t13?,16-,17-,19?/m0/s1. The predicted octanol–water partition coefficient (Wildman–Crippen LogP) is 4.74. The molecule has 3 rings (SSSR count). The summed E-state index contributed by atoms with van der Waals surface area (Å²) in [6.45, 7) is 1.51. The number of rotatable bonds is 12. The second kappa shape index (κ2) is 13.5. The Morgan fingerprint density at radius 3 is 2.53 bits per heavy atom. The van der Waals surface area contributed by atoms with Crippen LogP contribution in [0.15, 0.2) is 42.0 Å². The van der Waals surface area contributed by atoms with E-state index in [2.05, 4.69) is 20.6 Å². The maximum absolute atomic E-state index is 13.2. The van der Waals surface area contributed by atoms with Crippen LogP contribution in [0.3, 0.4) is 0 Å². The van der Waals surface area contributed by atoms with Gasteiger partial charge in [0.25, 0.3) is 5.91 Å². The lowest BCUT2D eigenvalue weighted by atomic mass is 10.0. The van der Waals surface area contributed by atoms with E-state index in [4.69, 9.17) is 11.6 Å². The highest BCUT2D eigenvalue weighted by molar-refractivity contribution is 7.16. The van der Waals surface area contributed by atoms with Gasteiger partial charge in [0, 0.05) is 28.6 Å². The number of amides is 2. The van der Waals surface area contributed by atoms with Crippen LogP contribution in [0, 0.1) is 0 Å². The van der Waals surface area contributed by atoms with Crippen molar-refractivity contribution in [3.8, 4) is 10.6 Å². The van der Waals surface area contributed by atoms with Crippen molar-refractivity contribution in [1.82, 2.24) is 20.6 Å². The summed E-state index contributed by atoms with van der Waals surface area (Å²) in [6.07, 6.45) is -5.71. The lowest BCUT2D eigenvalue weighted by Crippen LogP contribution is -2.51. The molecule has 0 saturated heterocycles. The number of halogens is 4. The lowest BCUT2D eigenvalue weighted by molar-refractivity contribution is -0.140. The number of hydrogen-bond acceptors (Lipinski definition) is 8. The van der Waals surface area contributed by atoms with E-state index in [1.807, 2.05) is 0 Å². The summed E-state index contributed by atoms with van der Waals surface area (Å²) < 4.78 is 38.8. The van der Waals surface area contributed by atoms with Crippen molar-refractivity contribution < 1.29 is 33.0 Å². The Bertz CT molecular complexity index is 1210. The van der Waals surface area contributed by atoms with Crippen LogP contribution >= 0.6 is 34.3 Å². The Morgan fingerprint density at radius 2 is 1.89 bits per heavy atom. The van der Waals surface area contributed by atoms with Gasteiger partial charge >= 0.3 is 6.18 Å². The van der Waals surface area contributed by atoms with E-state index in [0.717, 1.165) is 22.7 Å². The number of alkyl halides is 3. The number of nitrogens with one attached hydrogen (secondary N) is 2. The zero-order valence-corrected chi connectivity index (χ0v) is 22.5. The number of nitrogens with zero attached hydrogens (tertiary/aromatic N) is 2. The molecule has 1 aromatic carbocycles. The van der Waals surface area contributed by atoms with Gasteiger partial charge in [-0.3, -0.25) is 9.59 Å². The van der Waals surface area contributed by atoms with Crippen LogP contribution in [-0.4, -0.2) is 56.4 Å². The van der Waals surface area contributed by atoms with E-state index in [9.17, 15) is 33.0 Å². The Labute approximate surface area is 229 Å². The van der Waals surface area contributed by atoms with Crippen LogP contribution < -0.4 is 10.6 Å². The molecule has 0 fully saturated rings. The molecule has 8 nitrogen and oxygen atoms in total. The fourth-order valence-corrected chi connectivity index (χ4v) is 5.20. The summed E-state index contributed by atoms with van der Waals surface area (Å²) in [7, 11) is 0. The van der Waals surface area contributed by atoms with E-state index < -0.39 is 55.1 Å². The molecule has 14 heteroatoms. The zero-order valence-electron chi connectivity index (χ0n) is 20.1. The molecule has 0 bridgehead atoms. The molecule has 3 aromatic rings. The highest BCUT2D eigenvalue weighted by Gasteiger charge is 2.34. The van der Waals surface area contributed by atoms with Crippen LogP contribution in [0.4, 0.5) is 13.2 Å². The van der Waals surface area contributed by atoms with Crippen molar-refractivity contribution >= 4 is 46.1 Å². The quantitative estimate of drug-likeness (QED) is 0.242. The maximum Gasteiger partial charge on any atom is 0.389 e. The Hall–Kier alpha value is -2.58. The number of thiazole rings is 2. The molecule has 2 amide bonds. The molecule has 206 valence electrons. The summed E-state index contributed by atoms with van der Waals surface area (Å²) in [5.74, 6) is -1.41. The monoisotopic (exact) mass is 590 g/mol. The third kappa shape index (κ3) is 9.02. The summed E-state index contributed by atoms with van der Waals surface area (Å²) in [5.41, 5.74) is 0.702. The topological polar surface area (TPSA) is 124 Å². The Kier molecular flexibility index (Phi) is 10.6. The summed E-state index contributed by atoms with van der Waals surface area (Å²) in [4.78, 5) is 34.5. The molecule has 2 unspecified atom stereocenters. The van der Waals surface area contributed by atoms with Gasteiger partial charge in [0.2, 0.25) is 5.91 Å². The molecular formula is C24H26ClF3N4O4S2. The molecule has 0 aliphatic heterocycles. The van der Waals surface area contributed by atoms with Gasteiger partial charge in [-0.2, -0.15) is 13.2 Å². The number of aromatic nitrogens is 2. The first kappa shape index (κ1) is 30.0. The van der Waals surface area contributed by atoms with Crippen molar-refractivity contribution in [1.29, 1.82) is 0 Å². The van der Waals surface area contributed by atoms with Gasteiger partial charge in [-0.15, -0.1) is 22.7 Å². The fraction of sp³-hybridized carbons (Fsp3) is 0.417. The third-order valence-corrected chi connectivity index (χ3v) is 7.57. The molecule has 2 aromatic heterocycles. The number of aliphatic hydroxyl groups excluding tert-OH is 2. The van der Waals surface area contributed by atoms with Crippen LogP contribution in [0.25, 0.3) is 10.6 Å². The molecule has 0 saturated carbocycles. The molecular weight excluding hydrogens is 565 g/mol. The van der Waals surface area contributed by atoms with Crippen LogP contribution in [-0.2, 0) is 4.79 Å². The molecule has 0 radical (unpaired) electrons. The first-order chi connectivity index (χ1) is 17.9. The smallest absolute Gasteiger partial charge is 0.389 e. The minimum Gasteiger partial charge on any atom is -0.393 e. The van der Waals surface area contributed by atoms with E-state index >= 15 is 0 Å². The molecule has 4 atom stereocenters. The molecule has 0 aliphatic rings. The van der Waals surface area contributed by atoms with E-state index in [1.54, 1.807) is 29.6 Å².